The molecule has 1 amide bonds. The van der Waals surface area contributed by atoms with E-state index in [1.54, 1.807) is 4.90 Å². The first kappa shape index (κ1) is 12.8. The van der Waals surface area contributed by atoms with Crippen molar-refractivity contribution >= 4 is 5.91 Å². The van der Waals surface area contributed by atoms with Gasteiger partial charge in [-0.2, -0.15) is 0 Å². The first-order valence-electron chi connectivity index (χ1n) is 6.68. The molecule has 2 aliphatic rings. The van der Waals surface area contributed by atoms with Crippen LogP contribution in [0, 0.1) is 5.92 Å². The zero-order valence-electron chi connectivity index (χ0n) is 10.9. The standard InChI is InChI=1S/C13H24N2O2/c1-13(14,10-6-7-10)12(16)15(2)9-11-5-3-4-8-17-11/h10-11H,3-9,14H2,1-2H3. The lowest BCUT2D eigenvalue weighted by atomic mass is 9.95. The minimum Gasteiger partial charge on any atom is -0.376 e. The lowest BCUT2D eigenvalue weighted by molar-refractivity contribution is -0.138. The van der Waals surface area contributed by atoms with Crippen molar-refractivity contribution in [2.75, 3.05) is 20.2 Å². The molecule has 4 heteroatoms. The van der Waals surface area contributed by atoms with Gasteiger partial charge in [0.15, 0.2) is 0 Å². The van der Waals surface area contributed by atoms with Crippen molar-refractivity contribution in [1.82, 2.24) is 4.90 Å². The molecule has 4 nitrogen and oxygen atoms in total. The number of nitrogens with zero attached hydrogens (tertiary/aromatic N) is 1. The Morgan fingerprint density at radius 2 is 2.12 bits per heavy atom. The van der Waals surface area contributed by atoms with Crippen LogP contribution in [0.4, 0.5) is 0 Å². The molecule has 17 heavy (non-hydrogen) atoms. The Morgan fingerprint density at radius 3 is 2.65 bits per heavy atom. The smallest absolute Gasteiger partial charge is 0.242 e. The Morgan fingerprint density at radius 1 is 1.41 bits per heavy atom. The van der Waals surface area contributed by atoms with E-state index in [0.29, 0.717) is 12.5 Å². The van der Waals surface area contributed by atoms with Crippen molar-refractivity contribution in [2.24, 2.45) is 11.7 Å². The van der Waals surface area contributed by atoms with E-state index in [1.165, 1.54) is 6.42 Å². The van der Waals surface area contributed by atoms with E-state index in [2.05, 4.69) is 0 Å². The van der Waals surface area contributed by atoms with E-state index in [-0.39, 0.29) is 12.0 Å². The number of amides is 1. The maximum absolute atomic E-state index is 12.3. The Bertz CT molecular complexity index is 281. The lowest BCUT2D eigenvalue weighted by Crippen LogP contribution is -2.55. The molecule has 1 heterocycles. The topological polar surface area (TPSA) is 55.6 Å². The van der Waals surface area contributed by atoms with Crippen LogP contribution in [0.3, 0.4) is 0 Å². The Hall–Kier alpha value is -0.610. The fraction of sp³-hybridized carbons (Fsp3) is 0.923. The third-order valence-electron chi connectivity index (χ3n) is 3.98. The molecule has 0 aromatic heterocycles. The summed E-state index contributed by atoms with van der Waals surface area (Å²) in [6, 6.07) is 0. The van der Waals surface area contributed by atoms with Gasteiger partial charge in [0.05, 0.1) is 11.6 Å². The number of rotatable bonds is 4. The van der Waals surface area contributed by atoms with E-state index < -0.39 is 5.54 Å². The number of carbonyl (C=O) groups excluding carboxylic acids is 1. The van der Waals surface area contributed by atoms with Gasteiger partial charge in [0.25, 0.3) is 0 Å². The van der Waals surface area contributed by atoms with Crippen LogP contribution in [0.15, 0.2) is 0 Å². The summed E-state index contributed by atoms with van der Waals surface area (Å²) in [7, 11) is 1.84. The van der Waals surface area contributed by atoms with E-state index in [1.807, 2.05) is 14.0 Å². The SMILES string of the molecule is CN(CC1CCCCO1)C(=O)C(C)(N)C1CC1. The number of nitrogens with two attached hydrogens (primary N) is 1. The Balaban J connectivity index is 1.85. The monoisotopic (exact) mass is 240 g/mol. The van der Waals surface area contributed by atoms with Crippen LogP contribution in [-0.4, -0.2) is 42.6 Å². The van der Waals surface area contributed by atoms with Crippen molar-refractivity contribution in [1.29, 1.82) is 0 Å². The molecule has 0 aromatic carbocycles. The second-order valence-electron chi connectivity index (χ2n) is 5.73. The summed E-state index contributed by atoms with van der Waals surface area (Å²) in [6.45, 7) is 3.37. The van der Waals surface area contributed by atoms with E-state index in [9.17, 15) is 4.79 Å². The molecule has 1 aliphatic heterocycles. The minimum absolute atomic E-state index is 0.0640. The molecule has 0 spiro atoms. The molecule has 2 unspecified atom stereocenters. The van der Waals surface area contributed by atoms with Gasteiger partial charge in [0.2, 0.25) is 5.91 Å². The number of hydrogen-bond acceptors (Lipinski definition) is 3. The van der Waals surface area contributed by atoms with Gasteiger partial charge >= 0.3 is 0 Å². The van der Waals surface area contributed by atoms with Crippen molar-refractivity contribution in [3.63, 3.8) is 0 Å². The maximum atomic E-state index is 12.3. The summed E-state index contributed by atoms with van der Waals surface area (Å²) < 4.78 is 5.65. The molecule has 98 valence electrons. The first-order valence-corrected chi connectivity index (χ1v) is 6.68. The molecule has 0 bridgehead atoms. The van der Waals surface area contributed by atoms with E-state index in [4.69, 9.17) is 10.5 Å². The lowest BCUT2D eigenvalue weighted by Gasteiger charge is -2.32. The zero-order chi connectivity index (χ0) is 12.5. The molecule has 2 rings (SSSR count). The van der Waals surface area contributed by atoms with Gasteiger partial charge in [0.1, 0.15) is 0 Å². The highest BCUT2D eigenvalue weighted by Crippen LogP contribution is 2.38. The average molecular weight is 240 g/mol. The summed E-state index contributed by atoms with van der Waals surface area (Å²) in [5, 5.41) is 0. The molecular weight excluding hydrogens is 216 g/mol. The number of ether oxygens (including phenoxy) is 1. The molecular formula is C13H24N2O2. The highest BCUT2D eigenvalue weighted by molar-refractivity contribution is 5.86. The number of likely N-dealkylation sites (N-methyl/N-ethyl adjacent to an activating group) is 1. The second-order valence-corrected chi connectivity index (χ2v) is 5.73. The van der Waals surface area contributed by atoms with Gasteiger partial charge in [0, 0.05) is 20.2 Å². The average Bonchev–Trinajstić information content (AvgIpc) is 3.13. The molecule has 1 saturated heterocycles. The molecule has 1 aliphatic carbocycles. The van der Waals surface area contributed by atoms with Crippen molar-refractivity contribution < 1.29 is 9.53 Å². The Labute approximate surface area is 103 Å². The predicted molar refractivity (Wildman–Crippen MR) is 66.5 cm³/mol. The molecule has 2 N–H and O–H groups in total. The van der Waals surface area contributed by atoms with Gasteiger partial charge in [-0.25, -0.2) is 0 Å². The molecule has 0 radical (unpaired) electrons. The van der Waals surface area contributed by atoms with Crippen molar-refractivity contribution in [2.45, 2.75) is 50.7 Å². The minimum atomic E-state index is -0.677. The summed E-state index contributed by atoms with van der Waals surface area (Å²) >= 11 is 0. The Kier molecular flexibility index (Phi) is 3.73. The molecule has 1 saturated carbocycles. The fourth-order valence-corrected chi connectivity index (χ4v) is 2.61. The highest BCUT2D eigenvalue weighted by Gasteiger charge is 2.45. The summed E-state index contributed by atoms with van der Waals surface area (Å²) in [4.78, 5) is 14.0. The van der Waals surface area contributed by atoms with Crippen LogP contribution in [0.1, 0.15) is 39.0 Å². The van der Waals surface area contributed by atoms with Crippen molar-refractivity contribution in [3.05, 3.63) is 0 Å². The van der Waals surface area contributed by atoms with Crippen LogP contribution in [-0.2, 0) is 9.53 Å². The third kappa shape index (κ3) is 2.99. The maximum Gasteiger partial charge on any atom is 0.242 e. The zero-order valence-corrected chi connectivity index (χ0v) is 10.9. The molecule has 2 fully saturated rings. The number of carbonyl (C=O) groups is 1. The van der Waals surface area contributed by atoms with E-state index in [0.717, 1.165) is 32.3 Å². The van der Waals surface area contributed by atoms with Gasteiger partial charge in [-0.05, 0) is 44.9 Å². The van der Waals surface area contributed by atoms with Gasteiger partial charge in [-0.15, -0.1) is 0 Å². The molecule has 0 aromatic rings. The summed E-state index contributed by atoms with van der Waals surface area (Å²) in [6.07, 6.45) is 5.79. The molecule has 2 atom stereocenters. The van der Waals surface area contributed by atoms with Crippen LogP contribution >= 0.6 is 0 Å². The fourth-order valence-electron chi connectivity index (χ4n) is 2.61. The van der Waals surface area contributed by atoms with Crippen LogP contribution in [0.5, 0.6) is 0 Å². The predicted octanol–water partition coefficient (Wildman–Crippen LogP) is 1.14. The summed E-state index contributed by atoms with van der Waals surface area (Å²) in [5.41, 5.74) is 5.46. The second kappa shape index (κ2) is 4.94. The van der Waals surface area contributed by atoms with Gasteiger partial charge in [-0.1, -0.05) is 0 Å². The third-order valence-corrected chi connectivity index (χ3v) is 3.98. The largest absolute Gasteiger partial charge is 0.376 e. The van der Waals surface area contributed by atoms with E-state index >= 15 is 0 Å². The summed E-state index contributed by atoms with van der Waals surface area (Å²) in [5.74, 6) is 0.443. The van der Waals surface area contributed by atoms with Crippen LogP contribution < -0.4 is 5.73 Å². The first-order chi connectivity index (χ1) is 8.01. The number of hydrogen-bond donors (Lipinski definition) is 1. The van der Waals surface area contributed by atoms with Gasteiger partial charge < -0.3 is 15.4 Å². The van der Waals surface area contributed by atoms with Crippen LogP contribution in [0.25, 0.3) is 0 Å². The highest BCUT2D eigenvalue weighted by atomic mass is 16.5. The van der Waals surface area contributed by atoms with Gasteiger partial charge in [-0.3, -0.25) is 4.79 Å². The van der Waals surface area contributed by atoms with Crippen molar-refractivity contribution in [3.8, 4) is 0 Å². The van der Waals surface area contributed by atoms with Crippen LogP contribution in [0.2, 0.25) is 0 Å². The normalized spacial score (nSPS) is 28.5. The quantitative estimate of drug-likeness (QED) is 0.801.